The number of aryl methyl sites for hydroxylation is 2. The highest BCUT2D eigenvalue weighted by molar-refractivity contribution is 5.29. The summed E-state index contributed by atoms with van der Waals surface area (Å²) >= 11 is 0. The van der Waals surface area contributed by atoms with Crippen LogP contribution in [0.3, 0.4) is 0 Å². The van der Waals surface area contributed by atoms with Gasteiger partial charge in [0, 0.05) is 19.9 Å². The first kappa shape index (κ1) is 15.6. The zero-order valence-corrected chi connectivity index (χ0v) is 13.2. The number of aromatic nitrogens is 2. The smallest absolute Gasteiger partial charge is 0.203 e. The Balaban J connectivity index is 1.85. The largest absolute Gasteiger partial charge is 0.383 e. The lowest BCUT2D eigenvalue weighted by atomic mass is 10.1. The van der Waals surface area contributed by atoms with Crippen LogP contribution in [-0.4, -0.2) is 29.8 Å². The Morgan fingerprint density at radius 2 is 2.05 bits per heavy atom. The molecule has 0 saturated heterocycles. The molecular formula is C17H25N3O. The van der Waals surface area contributed by atoms with Gasteiger partial charge in [-0.15, -0.1) is 0 Å². The minimum Gasteiger partial charge on any atom is -0.383 e. The van der Waals surface area contributed by atoms with E-state index in [1.807, 2.05) is 6.92 Å². The van der Waals surface area contributed by atoms with Crippen LogP contribution in [0.4, 0.5) is 5.95 Å². The molecule has 1 aromatic heterocycles. The first-order valence-corrected chi connectivity index (χ1v) is 7.53. The Bertz CT molecular complexity index is 536. The highest BCUT2D eigenvalue weighted by Crippen LogP contribution is 2.16. The van der Waals surface area contributed by atoms with Crippen LogP contribution in [0.2, 0.25) is 0 Å². The van der Waals surface area contributed by atoms with E-state index < -0.39 is 0 Å². The number of hydrogen-bond donors (Lipinski definition) is 1. The highest BCUT2D eigenvalue weighted by atomic mass is 16.5. The van der Waals surface area contributed by atoms with Crippen molar-refractivity contribution in [2.24, 2.45) is 0 Å². The SMILES string of the molecule is COCC(C)n1cc(C)nc1NCCCc1ccccc1. The van der Waals surface area contributed by atoms with Crippen molar-refractivity contribution in [3.05, 3.63) is 47.8 Å². The van der Waals surface area contributed by atoms with E-state index in [1.54, 1.807) is 7.11 Å². The number of benzene rings is 1. The lowest BCUT2D eigenvalue weighted by Crippen LogP contribution is -2.15. The van der Waals surface area contributed by atoms with Crippen LogP contribution < -0.4 is 5.32 Å². The zero-order chi connectivity index (χ0) is 15.1. The average molecular weight is 287 g/mol. The summed E-state index contributed by atoms with van der Waals surface area (Å²) in [7, 11) is 1.73. The van der Waals surface area contributed by atoms with E-state index in [0.29, 0.717) is 6.61 Å². The number of methoxy groups -OCH3 is 1. The van der Waals surface area contributed by atoms with E-state index >= 15 is 0 Å². The molecule has 4 heteroatoms. The third-order valence-corrected chi connectivity index (χ3v) is 3.50. The second-order valence-corrected chi connectivity index (χ2v) is 5.43. The fourth-order valence-corrected chi connectivity index (χ4v) is 2.44. The second-order valence-electron chi connectivity index (χ2n) is 5.43. The van der Waals surface area contributed by atoms with Gasteiger partial charge >= 0.3 is 0 Å². The summed E-state index contributed by atoms with van der Waals surface area (Å²) in [5, 5.41) is 3.44. The van der Waals surface area contributed by atoms with Crippen LogP contribution in [0.25, 0.3) is 0 Å². The number of hydrogen-bond acceptors (Lipinski definition) is 3. The Labute approximate surface area is 127 Å². The van der Waals surface area contributed by atoms with Crippen molar-refractivity contribution >= 4 is 5.95 Å². The molecule has 1 heterocycles. The maximum absolute atomic E-state index is 5.23. The maximum atomic E-state index is 5.23. The number of nitrogens with one attached hydrogen (secondary N) is 1. The van der Waals surface area contributed by atoms with Gasteiger partial charge in [0.15, 0.2) is 0 Å². The van der Waals surface area contributed by atoms with Crippen molar-refractivity contribution in [1.29, 1.82) is 0 Å². The number of ether oxygens (including phenoxy) is 1. The molecule has 0 spiro atoms. The van der Waals surface area contributed by atoms with Crippen molar-refractivity contribution < 1.29 is 4.74 Å². The van der Waals surface area contributed by atoms with Crippen molar-refractivity contribution in [2.75, 3.05) is 25.6 Å². The van der Waals surface area contributed by atoms with Crippen LogP contribution >= 0.6 is 0 Å². The monoisotopic (exact) mass is 287 g/mol. The molecule has 0 fully saturated rings. The number of imidazole rings is 1. The predicted molar refractivity (Wildman–Crippen MR) is 86.8 cm³/mol. The molecule has 0 saturated carbocycles. The van der Waals surface area contributed by atoms with Crippen molar-refractivity contribution in [3.8, 4) is 0 Å². The molecule has 0 aliphatic rings. The van der Waals surface area contributed by atoms with Crippen molar-refractivity contribution in [3.63, 3.8) is 0 Å². The van der Waals surface area contributed by atoms with Gasteiger partial charge in [0.25, 0.3) is 0 Å². The molecule has 0 aliphatic carbocycles. The Morgan fingerprint density at radius 3 is 2.76 bits per heavy atom. The van der Waals surface area contributed by atoms with Crippen LogP contribution in [0.1, 0.15) is 30.6 Å². The first-order valence-electron chi connectivity index (χ1n) is 7.53. The van der Waals surface area contributed by atoms with E-state index in [-0.39, 0.29) is 6.04 Å². The summed E-state index contributed by atoms with van der Waals surface area (Å²) in [4.78, 5) is 4.55. The summed E-state index contributed by atoms with van der Waals surface area (Å²) < 4.78 is 7.38. The first-order chi connectivity index (χ1) is 10.2. The topological polar surface area (TPSA) is 39.1 Å². The van der Waals surface area contributed by atoms with Gasteiger partial charge in [-0.25, -0.2) is 4.98 Å². The third-order valence-electron chi connectivity index (χ3n) is 3.50. The number of anilines is 1. The van der Waals surface area contributed by atoms with Crippen molar-refractivity contribution in [2.45, 2.75) is 32.7 Å². The molecule has 2 aromatic rings. The lowest BCUT2D eigenvalue weighted by Gasteiger charge is -2.16. The maximum Gasteiger partial charge on any atom is 0.203 e. The van der Waals surface area contributed by atoms with Gasteiger partial charge in [-0.3, -0.25) is 0 Å². The van der Waals surface area contributed by atoms with Gasteiger partial charge in [-0.05, 0) is 32.3 Å². The highest BCUT2D eigenvalue weighted by Gasteiger charge is 2.11. The number of rotatable bonds is 8. The van der Waals surface area contributed by atoms with Crippen LogP contribution in [-0.2, 0) is 11.2 Å². The summed E-state index contributed by atoms with van der Waals surface area (Å²) in [5.41, 5.74) is 2.41. The van der Waals surface area contributed by atoms with Gasteiger partial charge < -0.3 is 14.6 Å². The second kappa shape index (κ2) is 7.84. The summed E-state index contributed by atoms with van der Waals surface area (Å²) in [6.45, 7) is 5.77. The summed E-state index contributed by atoms with van der Waals surface area (Å²) in [5.74, 6) is 0.935. The Morgan fingerprint density at radius 1 is 1.29 bits per heavy atom. The van der Waals surface area contributed by atoms with Gasteiger partial charge in [-0.2, -0.15) is 0 Å². The minimum atomic E-state index is 0.285. The third kappa shape index (κ3) is 4.60. The van der Waals surface area contributed by atoms with E-state index in [9.17, 15) is 0 Å². The van der Waals surface area contributed by atoms with Gasteiger partial charge in [-0.1, -0.05) is 30.3 Å². The van der Waals surface area contributed by atoms with Crippen LogP contribution in [0.5, 0.6) is 0 Å². The molecule has 0 amide bonds. The molecule has 21 heavy (non-hydrogen) atoms. The predicted octanol–water partition coefficient (Wildman–Crippen LogP) is 3.44. The molecule has 1 N–H and O–H groups in total. The molecular weight excluding hydrogens is 262 g/mol. The quantitative estimate of drug-likeness (QED) is 0.756. The Hall–Kier alpha value is -1.81. The Kier molecular flexibility index (Phi) is 5.81. The molecule has 1 aromatic carbocycles. The van der Waals surface area contributed by atoms with Gasteiger partial charge in [0.2, 0.25) is 5.95 Å². The van der Waals surface area contributed by atoms with E-state index in [1.165, 1.54) is 5.56 Å². The molecule has 2 rings (SSSR count). The molecule has 0 aliphatic heterocycles. The van der Waals surface area contributed by atoms with Crippen LogP contribution in [0.15, 0.2) is 36.5 Å². The molecule has 1 unspecified atom stereocenters. The van der Waals surface area contributed by atoms with E-state index in [4.69, 9.17) is 4.74 Å². The minimum absolute atomic E-state index is 0.285. The van der Waals surface area contributed by atoms with E-state index in [0.717, 1.165) is 31.0 Å². The molecule has 0 radical (unpaired) electrons. The average Bonchev–Trinajstić information content (AvgIpc) is 2.86. The normalized spacial score (nSPS) is 12.3. The summed E-state index contributed by atoms with van der Waals surface area (Å²) in [6.07, 6.45) is 4.25. The van der Waals surface area contributed by atoms with Gasteiger partial charge in [0.1, 0.15) is 0 Å². The zero-order valence-electron chi connectivity index (χ0n) is 13.2. The van der Waals surface area contributed by atoms with Crippen LogP contribution in [0, 0.1) is 6.92 Å². The summed E-state index contributed by atoms with van der Waals surface area (Å²) in [6, 6.07) is 10.9. The molecule has 4 nitrogen and oxygen atoms in total. The van der Waals surface area contributed by atoms with Gasteiger partial charge in [0.05, 0.1) is 18.3 Å². The molecule has 114 valence electrons. The molecule has 1 atom stereocenters. The lowest BCUT2D eigenvalue weighted by molar-refractivity contribution is 0.163. The van der Waals surface area contributed by atoms with Crippen molar-refractivity contribution in [1.82, 2.24) is 9.55 Å². The fraction of sp³-hybridized carbons (Fsp3) is 0.471. The fourth-order valence-electron chi connectivity index (χ4n) is 2.44. The standard InChI is InChI=1S/C17H25N3O/c1-14-12-20(15(2)13-21-3)17(19-14)18-11-7-10-16-8-5-4-6-9-16/h4-6,8-9,12,15H,7,10-11,13H2,1-3H3,(H,18,19). The number of nitrogens with zero attached hydrogens (tertiary/aromatic N) is 2. The van der Waals surface area contributed by atoms with E-state index in [2.05, 4.69) is 58.3 Å². The molecule has 0 bridgehead atoms.